The zero-order valence-corrected chi connectivity index (χ0v) is 14.8. The Morgan fingerprint density at radius 3 is 2.61 bits per heavy atom. The van der Waals surface area contributed by atoms with E-state index >= 15 is 0 Å². The lowest BCUT2D eigenvalue weighted by atomic mass is 9.83. The Kier molecular flexibility index (Phi) is 5.78. The van der Waals surface area contributed by atoms with E-state index in [1.54, 1.807) is 26.0 Å². The standard InChI is InChI=1S/C17H20Cl2N2O2/c1-11-13(18)6-7-14(15(11)19)23-12(2)16(22)21-17(10-20)8-4-3-5-9-17/h6-7,12H,3-5,8-9H2,1-2H3,(H,21,22). The van der Waals surface area contributed by atoms with Gasteiger partial charge in [0.05, 0.1) is 11.1 Å². The van der Waals surface area contributed by atoms with E-state index < -0.39 is 11.6 Å². The molecular weight excluding hydrogens is 335 g/mol. The number of carbonyl (C=O) groups is 1. The van der Waals surface area contributed by atoms with Crippen LogP contribution in [0.4, 0.5) is 0 Å². The van der Waals surface area contributed by atoms with E-state index in [0.29, 0.717) is 34.2 Å². The van der Waals surface area contributed by atoms with Crippen LogP contribution in [0.3, 0.4) is 0 Å². The maximum atomic E-state index is 12.4. The van der Waals surface area contributed by atoms with Crippen molar-refractivity contribution in [3.05, 3.63) is 27.7 Å². The minimum Gasteiger partial charge on any atom is -0.479 e. The smallest absolute Gasteiger partial charge is 0.262 e. The molecule has 0 heterocycles. The van der Waals surface area contributed by atoms with Crippen LogP contribution >= 0.6 is 23.2 Å². The van der Waals surface area contributed by atoms with Gasteiger partial charge in [-0.15, -0.1) is 0 Å². The third-order valence-corrected chi connectivity index (χ3v) is 5.12. The fourth-order valence-corrected chi connectivity index (χ4v) is 3.14. The normalized spacial score (nSPS) is 17.9. The molecule has 0 saturated heterocycles. The molecule has 1 aliphatic carbocycles. The number of ether oxygens (including phenoxy) is 1. The summed E-state index contributed by atoms with van der Waals surface area (Å²) in [6.07, 6.45) is 3.62. The molecule has 1 saturated carbocycles. The summed E-state index contributed by atoms with van der Waals surface area (Å²) in [5, 5.41) is 13.2. The highest BCUT2D eigenvalue weighted by Gasteiger charge is 2.35. The van der Waals surface area contributed by atoms with Gasteiger partial charge < -0.3 is 10.1 Å². The number of benzene rings is 1. The summed E-state index contributed by atoms with van der Waals surface area (Å²) in [5.74, 6) is 0.1000. The molecular formula is C17H20Cl2N2O2. The lowest BCUT2D eigenvalue weighted by Gasteiger charge is -2.32. The topological polar surface area (TPSA) is 62.1 Å². The number of carbonyl (C=O) groups excluding carboxylic acids is 1. The molecule has 1 atom stereocenters. The molecule has 1 aromatic rings. The second kappa shape index (κ2) is 7.42. The first-order valence-electron chi connectivity index (χ1n) is 7.73. The second-order valence-electron chi connectivity index (χ2n) is 5.99. The molecule has 0 radical (unpaired) electrons. The molecule has 0 aromatic heterocycles. The molecule has 1 amide bonds. The largest absolute Gasteiger partial charge is 0.479 e. The van der Waals surface area contributed by atoms with Crippen molar-refractivity contribution in [3.63, 3.8) is 0 Å². The fourth-order valence-electron chi connectivity index (χ4n) is 2.73. The summed E-state index contributed by atoms with van der Waals surface area (Å²) in [6, 6.07) is 5.59. The molecule has 1 fully saturated rings. The zero-order valence-electron chi connectivity index (χ0n) is 13.3. The van der Waals surface area contributed by atoms with Crippen LogP contribution in [-0.2, 0) is 4.79 Å². The van der Waals surface area contributed by atoms with E-state index in [1.807, 2.05) is 0 Å². The van der Waals surface area contributed by atoms with E-state index in [4.69, 9.17) is 27.9 Å². The van der Waals surface area contributed by atoms with Crippen molar-refractivity contribution in [1.82, 2.24) is 5.32 Å². The number of nitrogens with zero attached hydrogens (tertiary/aromatic N) is 1. The average molecular weight is 355 g/mol. The molecule has 124 valence electrons. The van der Waals surface area contributed by atoms with E-state index in [-0.39, 0.29) is 5.91 Å². The molecule has 0 aliphatic heterocycles. The van der Waals surface area contributed by atoms with Crippen molar-refractivity contribution >= 4 is 29.1 Å². The van der Waals surface area contributed by atoms with Crippen molar-refractivity contribution in [2.45, 2.75) is 57.6 Å². The van der Waals surface area contributed by atoms with Gasteiger partial charge in [0.2, 0.25) is 0 Å². The molecule has 23 heavy (non-hydrogen) atoms. The Bertz CT molecular complexity index is 634. The van der Waals surface area contributed by atoms with E-state index in [1.165, 1.54) is 0 Å². The summed E-state index contributed by atoms with van der Waals surface area (Å²) < 4.78 is 5.66. The maximum absolute atomic E-state index is 12.4. The van der Waals surface area contributed by atoms with Gasteiger partial charge >= 0.3 is 0 Å². The van der Waals surface area contributed by atoms with Crippen molar-refractivity contribution in [2.75, 3.05) is 0 Å². The number of nitriles is 1. The molecule has 0 spiro atoms. The summed E-state index contributed by atoms with van der Waals surface area (Å²) in [7, 11) is 0. The maximum Gasteiger partial charge on any atom is 0.262 e. The van der Waals surface area contributed by atoms with Crippen molar-refractivity contribution < 1.29 is 9.53 Å². The van der Waals surface area contributed by atoms with Crippen LogP contribution in [0, 0.1) is 18.3 Å². The summed E-state index contributed by atoms with van der Waals surface area (Å²) in [4.78, 5) is 12.4. The number of nitrogens with one attached hydrogen (secondary N) is 1. The van der Waals surface area contributed by atoms with Crippen LogP contribution in [0.1, 0.15) is 44.6 Å². The lowest BCUT2D eigenvalue weighted by molar-refractivity contribution is -0.129. The van der Waals surface area contributed by atoms with Crippen molar-refractivity contribution in [1.29, 1.82) is 5.26 Å². The summed E-state index contributed by atoms with van der Waals surface area (Å²) >= 11 is 12.2. The van der Waals surface area contributed by atoms with Gasteiger partial charge in [-0.25, -0.2) is 0 Å². The minimum atomic E-state index is -0.771. The van der Waals surface area contributed by atoms with Gasteiger partial charge in [-0.2, -0.15) is 5.26 Å². The molecule has 1 aromatic carbocycles. The first-order chi connectivity index (χ1) is 10.9. The van der Waals surface area contributed by atoms with Crippen molar-refractivity contribution in [3.8, 4) is 11.8 Å². The molecule has 4 nitrogen and oxygen atoms in total. The Morgan fingerprint density at radius 1 is 1.35 bits per heavy atom. The van der Waals surface area contributed by atoms with E-state index in [2.05, 4.69) is 11.4 Å². The van der Waals surface area contributed by atoms with Crippen molar-refractivity contribution in [2.24, 2.45) is 0 Å². The van der Waals surface area contributed by atoms with E-state index in [0.717, 1.165) is 19.3 Å². The fraction of sp³-hybridized carbons (Fsp3) is 0.529. The second-order valence-corrected chi connectivity index (χ2v) is 6.77. The highest BCUT2D eigenvalue weighted by Crippen LogP contribution is 2.33. The molecule has 1 unspecified atom stereocenters. The first-order valence-corrected chi connectivity index (χ1v) is 8.49. The highest BCUT2D eigenvalue weighted by atomic mass is 35.5. The molecule has 0 bridgehead atoms. The number of hydrogen-bond acceptors (Lipinski definition) is 3. The van der Waals surface area contributed by atoms with Gasteiger partial charge in [0.25, 0.3) is 5.91 Å². The van der Waals surface area contributed by atoms with Gasteiger partial charge in [-0.05, 0) is 44.4 Å². The molecule has 1 N–H and O–H groups in total. The average Bonchev–Trinajstić information content (AvgIpc) is 2.56. The number of amides is 1. The predicted molar refractivity (Wildman–Crippen MR) is 90.9 cm³/mol. The van der Waals surface area contributed by atoms with Gasteiger partial charge in [0, 0.05) is 5.02 Å². The third-order valence-electron chi connectivity index (χ3n) is 4.24. The number of hydrogen-bond donors (Lipinski definition) is 1. The van der Waals surface area contributed by atoms with Gasteiger partial charge in [0.1, 0.15) is 11.3 Å². The van der Waals surface area contributed by atoms with Gasteiger partial charge in [-0.3, -0.25) is 4.79 Å². The first kappa shape index (κ1) is 17.9. The number of halogens is 2. The Morgan fingerprint density at radius 2 is 2.00 bits per heavy atom. The molecule has 1 aliphatic rings. The Hall–Kier alpha value is -1.44. The highest BCUT2D eigenvalue weighted by molar-refractivity contribution is 6.36. The SMILES string of the molecule is Cc1c(Cl)ccc(OC(C)C(=O)NC2(C#N)CCCCC2)c1Cl. The van der Waals surface area contributed by atoms with Crippen LogP contribution in [0.25, 0.3) is 0 Å². The predicted octanol–water partition coefficient (Wildman–Crippen LogP) is 4.41. The molecule has 6 heteroatoms. The van der Waals surface area contributed by atoms with Gasteiger partial charge in [0.15, 0.2) is 6.10 Å². The van der Waals surface area contributed by atoms with Crippen LogP contribution in [0.5, 0.6) is 5.75 Å². The van der Waals surface area contributed by atoms with Crippen LogP contribution < -0.4 is 10.1 Å². The quantitative estimate of drug-likeness (QED) is 0.870. The van der Waals surface area contributed by atoms with E-state index in [9.17, 15) is 10.1 Å². The van der Waals surface area contributed by atoms with Gasteiger partial charge in [-0.1, -0.05) is 42.5 Å². The monoisotopic (exact) mass is 354 g/mol. The van der Waals surface area contributed by atoms with Crippen LogP contribution in [0.2, 0.25) is 10.0 Å². The lowest BCUT2D eigenvalue weighted by Crippen LogP contribution is -2.52. The zero-order chi connectivity index (χ0) is 17.0. The van der Waals surface area contributed by atoms with Crippen LogP contribution in [0.15, 0.2) is 12.1 Å². The summed E-state index contributed by atoms with van der Waals surface area (Å²) in [5.41, 5.74) is -0.0636. The minimum absolute atomic E-state index is 0.308. The third kappa shape index (κ3) is 4.10. The Balaban J connectivity index is 2.06. The molecule has 2 rings (SSSR count). The Labute approximate surface area is 146 Å². The van der Waals surface area contributed by atoms with Crippen LogP contribution in [-0.4, -0.2) is 17.6 Å². The number of rotatable bonds is 4. The summed E-state index contributed by atoms with van der Waals surface area (Å²) in [6.45, 7) is 3.43.